The van der Waals surface area contributed by atoms with Crippen LogP contribution < -0.4 is 5.73 Å². The minimum atomic E-state index is -4.01. The van der Waals surface area contributed by atoms with E-state index in [-0.39, 0.29) is 43.5 Å². The number of rotatable bonds is 7. The van der Waals surface area contributed by atoms with Crippen molar-refractivity contribution in [1.29, 1.82) is 0 Å². The van der Waals surface area contributed by atoms with Crippen molar-refractivity contribution in [3.63, 3.8) is 0 Å². The van der Waals surface area contributed by atoms with Crippen LogP contribution in [0.2, 0.25) is 0 Å². The maximum absolute atomic E-state index is 12.9. The third-order valence-corrected chi connectivity index (χ3v) is 7.35. The van der Waals surface area contributed by atoms with Gasteiger partial charge in [-0.3, -0.25) is 14.9 Å². The molecule has 0 radical (unpaired) electrons. The molecule has 10 heteroatoms. The van der Waals surface area contributed by atoms with E-state index in [9.17, 15) is 23.3 Å². The van der Waals surface area contributed by atoms with Crippen molar-refractivity contribution in [2.75, 3.05) is 32.7 Å². The molecule has 0 saturated carbocycles. The van der Waals surface area contributed by atoms with E-state index in [1.54, 1.807) is 4.90 Å². The van der Waals surface area contributed by atoms with Crippen molar-refractivity contribution in [3.8, 4) is 0 Å². The minimum absolute atomic E-state index is 0.0576. The number of hydrogen-bond donors (Lipinski definition) is 1. The van der Waals surface area contributed by atoms with Crippen LogP contribution in [0.4, 0.5) is 5.69 Å². The van der Waals surface area contributed by atoms with Crippen LogP contribution in [0.25, 0.3) is 0 Å². The molecular formula is C17H26N4O5S. The molecule has 1 aliphatic heterocycles. The number of para-hydroxylation sites is 1. The molecule has 0 spiro atoms. The van der Waals surface area contributed by atoms with E-state index in [1.165, 1.54) is 28.6 Å². The predicted molar refractivity (Wildman–Crippen MR) is 101 cm³/mol. The molecule has 2 rings (SSSR count). The first-order chi connectivity index (χ1) is 12.7. The zero-order valence-electron chi connectivity index (χ0n) is 15.6. The molecule has 2 N–H and O–H groups in total. The molecule has 0 bridgehead atoms. The summed E-state index contributed by atoms with van der Waals surface area (Å²) in [5, 5.41) is 11.2. The summed E-state index contributed by atoms with van der Waals surface area (Å²) in [5.41, 5.74) is 4.76. The summed E-state index contributed by atoms with van der Waals surface area (Å²) in [4.78, 5) is 24.6. The van der Waals surface area contributed by atoms with Gasteiger partial charge < -0.3 is 10.6 Å². The van der Waals surface area contributed by atoms with Crippen LogP contribution in [0.3, 0.4) is 0 Å². The lowest BCUT2D eigenvalue weighted by Crippen LogP contribution is -2.55. The molecule has 1 heterocycles. The molecule has 1 aliphatic rings. The fraction of sp³-hybridized carbons (Fsp3) is 0.588. The van der Waals surface area contributed by atoms with Gasteiger partial charge in [0.2, 0.25) is 15.9 Å². The third-order valence-electron chi connectivity index (χ3n) is 5.40. The number of nitrogens with two attached hydrogens (primary N) is 1. The van der Waals surface area contributed by atoms with E-state index in [4.69, 9.17) is 5.73 Å². The Bertz CT molecular complexity index is 791. The Morgan fingerprint density at radius 2 is 1.74 bits per heavy atom. The number of carbonyl (C=O) groups is 1. The van der Waals surface area contributed by atoms with Crippen molar-refractivity contribution >= 4 is 21.6 Å². The molecule has 27 heavy (non-hydrogen) atoms. The van der Waals surface area contributed by atoms with Gasteiger partial charge in [-0.1, -0.05) is 26.0 Å². The molecule has 0 aromatic heterocycles. The summed E-state index contributed by atoms with van der Waals surface area (Å²) in [7, 11) is -4.01. The molecule has 0 aliphatic carbocycles. The van der Waals surface area contributed by atoms with Gasteiger partial charge in [0, 0.05) is 38.8 Å². The first-order valence-corrected chi connectivity index (χ1v) is 10.4. The van der Waals surface area contributed by atoms with Crippen LogP contribution in [0.1, 0.15) is 26.7 Å². The molecule has 1 amide bonds. The summed E-state index contributed by atoms with van der Waals surface area (Å²) in [6, 6.07) is 5.29. The van der Waals surface area contributed by atoms with Crippen LogP contribution in [-0.2, 0) is 14.8 Å². The van der Waals surface area contributed by atoms with E-state index in [0.717, 1.165) is 0 Å². The SMILES string of the molecule is CCC(CC)(CN)C(=O)N1CCN(S(=O)(=O)c2ccccc2[N+](=O)[O-])CC1. The van der Waals surface area contributed by atoms with Crippen LogP contribution in [0.15, 0.2) is 29.2 Å². The molecule has 1 saturated heterocycles. The fourth-order valence-corrected chi connectivity index (χ4v) is 4.94. The number of amides is 1. The molecule has 150 valence electrons. The van der Waals surface area contributed by atoms with Gasteiger partial charge in [-0.05, 0) is 18.9 Å². The zero-order chi connectivity index (χ0) is 20.2. The highest BCUT2D eigenvalue weighted by Crippen LogP contribution is 2.30. The van der Waals surface area contributed by atoms with Gasteiger partial charge in [0.1, 0.15) is 0 Å². The number of nitro benzene ring substituents is 1. The number of nitro groups is 1. The maximum Gasteiger partial charge on any atom is 0.289 e. The number of benzene rings is 1. The highest BCUT2D eigenvalue weighted by Gasteiger charge is 2.40. The number of hydrogen-bond acceptors (Lipinski definition) is 6. The van der Waals surface area contributed by atoms with Gasteiger partial charge in [0.15, 0.2) is 4.90 Å². The van der Waals surface area contributed by atoms with Gasteiger partial charge in [0.25, 0.3) is 5.69 Å². The number of piperazine rings is 1. The van der Waals surface area contributed by atoms with E-state index in [2.05, 4.69) is 0 Å². The van der Waals surface area contributed by atoms with Gasteiger partial charge in [-0.15, -0.1) is 0 Å². The molecule has 0 unspecified atom stereocenters. The Morgan fingerprint density at radius 3 is 2.22 bits per heavy atom. The Labute approximate surface area is 159 Å². The lowest BCUT2D eigenvalue weighted by Gasteiger charge is -2.39. The second-order valence-electron chi connectivity index (χ2n) is 6.61. The fourth-order valence-electron chi connectivity index (χ4n) is 3.36. The summed E-state index contributed by atoms with van der Waals surface area (Å²) in [5.74, 6) is -0.0576. The van der Waals surface area contributed by atoms with Crippen molar-refractivity contribution in [3.05, 3.63) is 34.4 Å². The highest BCUT2D eigenvalue weighted by atomic mass is 32.2. The molecule has 1 aromatic rings. The second kappa shape index (κ2) is 8.32. The van der Waals surface area contributed by atoms with Crippen LogP contribution in [-0.4, -0.2) is 61.2 Å². The number of nitrogens with zero attached hydrogens (tertiary/aromatic N) is 3. The van der Waals surface area contributed by atoms with E-state index < -0.39 is 26.0 Å². The first-order valence-electron chi connectivity index (χ1n) is 8.96. The Kier molecular flexibility index (Phi) is 6.55. The maximum atomic E-state index is 12.9. The Balaban J connectivity index is 2.18. The van der Waals surface area contributed by atoms with Crippen molar-refractivity contribution < 1.29 is 18.1 Å². The van der Waals surface area contributed by atoms with Gasteiger partial charge in [-0.2, -0.15) is 4.31 Å². The highest BCUT2D eigenvalue weighted by molar-refractivity contribution is 7.89. The second-order valence-corrected chi connectivity index (χ2v) is 8.52. The molecule has 1 fully saturated rings. The summed E-state index contributed by atoms with van der Waals surface area (Å²) >= 11 is 0. The Hall–Kier alpha value is -2.04. The summed E-state index contributed by atoms with van der Waals surface area (Å²) < 4.78 is 26.9. The molecule has 1 aromatic carbocycles. The lowest BCUT2D eigenvalue weighted by molar-refractivity contribution is -0.387. The predicted octanol–water partition coefficient (Wildman–Crippen LogP) is 1.19. The monoisotopic (exact) mass is 398 g/mol. The summed E-state index contributed by atoms with van der Waals surface area (Å²) in [6.45, 7) is 4.74. The van der Waals surface area contributed by atoms with Gasteiger partial charge >= 0.3 is 0 Å². The molecule has 9 nitrogen and oxygen atoms in total. The number of carbonyl (C=O) groups excluding carboxylic acids is 1. The van der Waals surface area contributed by atoms with Crippen molar-refractivity contribution in [2.24, 2.45) is 11.1 Å². The average molecular weight is 398 g/mol. The molecule has 0 atom stereocenters. The molecular weight excluding hydrogens is 372 g/mol. The normalized spacial score (nSPS) is 16.3. The van der Waals surface area contributed by atoms with Crippen molar-refractivity contribution in [1.82, 2.24) is 9.21 Å². The first kappa shape index (κ1) is 21.3. The lowest BCUT2D eigenvalue weighted by atomic mass is 9.81. The van der Waals surface area contributed by atoms with Crippen molar-refractivity contribution in [2.45, 2.75) is 31.6 Å². The third kappa shape index (κ3) is 3.97. The van der Waals surface area contributed by atoms with Gasteiger partial charge in [-0.25, -0.2) is 8.42 Å². The van der Waals surface area contributed by atoms with Gasteiger partial charge in [0.05, 0.1) is 10.3 Å². The smallest absolute Gasteiger partial charge is 0.289 e. The largest absolute Gasteiger partial charge is 0.340 e. The zero-order valence-corrected chi connectivity index (χ0v) is 16.4. The quantitative estimate of drug-likeness (QED) is 0.543. The van der Waals surface area contributed by atoms with E-state index in [0.29, 0.717) is 12.8 Å². The minimum Gasteiger partial charge on any atom is -0.340 e. The average Bonchev–Trinajstić information content (AvgIpc) is 2.69. The van der Waals surface area contributed by atoms with Crippen LogP contribution >= 0.6 is 0 Å². The standard InChI is InChI=1S/C17H26N4O5S/c1-3-17(4-2,13-18)16(22)19-9-11-20(12-10-19)27(25,26)15-8-6-5-7-14(15)21(23)24/h5-8H,3-4,9-13,18H2,1-2H3. The topological polar surface area (TPSA) is 127 Å². The van der Waals surface area contributed by atoms with Crippen LogP contribution in [0.5, 0.6) is 0 Å². The number of sulfonamides is 1. The summed E-state index contributed by atoms with van der Waals surface area (Å²) in [6.07, 6.45) is 1.24. The van der Waals surface area contributed by atoms with Crippen LogP contribution in [0, 0.1) is 15.5 Å². The Morgan fingerprint density at radius 1 is 1.19 bits per heavy atom. The van der Waals surface area contributed by atoms with E-state index in [1.807, 2.05) is 13.8 Å². The van der Waals surface area contributed by atoms with E-state index >= 15 is 0 Å².